The first kappa shape index (κ1) is 25.1. The summed E-state index contributed by atoms with van der Waals surface area (Å²) < 4.78 is 39.6. The molecule has 0 bridgehead atoms. The van der Waals surface area contributed by atoms with E-state index in [1.807, 2.05) is 36.4 Å². The molecule has 0 radical (unpaired) electrons. The van der Waals surface area contributed by atoms with Crippen LogP contribution in [0.5, 0.6) is 0 Å². The van der Waals surface area contributed by atoms with Crippen LogP contribution in [-0.2, 0) is 17.7 Å². The highest BCUT2D eigenvalue weighted by molar-refractivity contribution is 5.76. The smallest absolute Gasteiger partial charge is 0.277 e. The largest absolute Gasteiger partial charge is 0.387 e. The highest BCUT2D eigenvalue weighted by Crippen LogP contribution is 2.31. The maximum Gasteiger partial charge on any atom is 0.277 e. The van der Waals surface area contributed by atoms with Gasteiger partial charge in [-0.15, -0.1) is 5.10 Å². The quantitative estimate of drug-likeness (QED) is 0.336. The number of rotatable bonds is 6. The molecule has 2 heterocycles. The van der Waals surface area contributed by atoms with Crippen LogP contribution in [0.1, 0.15) is 18.4 Å². The fourth-order valence-corrected chi connectivity index (χ4v) is 3.83. The molecule has 33 heavy (non-hydrogen) atoms. The molecule has 2 aromatic carbocycles. The number of benzene rings is 2. The molecule has 12 heteroatoms. The summed E-state index contributed by atoms with van der Waals surface area (Å²) in [6.07, 6.45) is -0.535. The molecule has 11 nitrogen and oxygen atoms in total. The Hall–Kier alpha value is -2.48. The molecule has 3 N–H and O–H groups in total. The van der Waals surface area contributed by atoms with Crippen molar-refractivity contribution in [3.8, 4) is 0 Å². The SMILES string of the molecule is O=c1c2ccccc2nnn1CC[C@@H]1[C@H](O)[C@H](O)O[C@@H]1CCc1ccccc1.[O-][Cl+3]([O-])([O-])O. The maximum atomic E-state index is 12.6. The van der Waals surface area contributed by atoms with E-state index in [2.05, 4.69) is 10.3 Å². The molecule has 0 amide bonds. The second-order valence-corrected chi connectivity index (χ2v) is 8.36. The highest BCUT2D eigenvalue weighted by atomic mass is 35.7. The first-order valence-electron chi connectivity index (χ1n) is 10.1. The third kappa shape index (κ3) is 7.25. The van der Waals surface area contributed by atoms with Gasteiger partial charge in [-0.1, -0.05) is 47.7 Å². The molecule has 0 aliphatic carbocycles. The zero-order chi connectivity index (χ0) is 24.0. The monoisotopic (exact) mass is 481 g/mol. The van der Waals surface area contributed by atoms with Crippen molar-refractivity contribution in [1.82, 2.24) is 15.0 Å². The fourth-order valence-electron chi connectivity index (χ4n) is 3.83. The van der Waals surface area contributed by atoms with Crippen LogP contribution in [0, 0.1) is 16.2 Å². The van der Waals surface area contributed by atoms with E-state index in [9.17, 15) is 15.0 Å². The molecule has 4 rings (SSSR count). The van der Waals surface area contributed by atoms with Gasteiger partial charge in [-0.3, -0.25) is 4.79 Å². The molecule has 0 unspecified atom stereocenters. The van der Waals surface area contributed by atoms with E-state index < -0.39 is 22.6 Å². The molecule has 1 aliphatic rings. The summed E-state index contributed by atoms with van der Waals surface area (Å²) in [6, 6.07) is 17.1. The molecule has 4 atom stereocenters. The minimum absolute atomic E-state index is 0.208. The number of ether oxygens (including phenoxy) is 1. The van der Waals surface area contributed by atoms with Crippen LogP contribution in [0.3, 0.4) is 0 Å². The van der Waals surface area contributed by atoms with E-state index in [1.165, 1.54) is 10.2 Å². The summed E-state index contributed by atoms with van der Waals surface area (Å²) in [7, 11) is -4.69. The van der Waals surface area contributed by atoms with Crippen LogP contribution in [0.4, 0.5) is 0 Å². The zero-order valence-electron chi connectivity index (χ0n) is 17.4. The molecule has 1 aromatic heterocycles. The van der Waals surface area contributed by atoms with Gasteiger partial charge in [-0.2, -0.15) is 14.0 Å². The minimum Gasteiger partial charge on any atom is -0.387 e. The molecule has 1 saturated heterocycles. The second-order valence-electron chi connectivity index (χ2n) is 7.56. The molecule has 3 aromatic rings. The van der Waals surface area contributed by atoms with E-state index in [4.69, 9.17) is 23.4 Å². The zero-order valence-corrected chi connectivity index (χ0v) is 18.2. The van der Waals surface area contributed by atoms with E-state index in [-0.39, 0.29) is 17.6 Å². The van der Waals surface area contributed by atoms with Gasteiger partial charge in [0.05, 0.1) is 26.4 Å². The lowest BCUT2D eigenvalue weighted by molar-refractivity contribution is -1.92. The third-order valence-electron chi connectivity index (χ3n) is 5.39. The van der Waals surface area contributed by atoms with Gasteiger partial charge in [-0.05, 0) is 37.0 Å². The molecule has 1 fully saturated rings. The van der Waals surface area contributed by atoms with Crippen molar-refractivity contribution >= 4 is 10.9 Å². The second kappa shape index (κ2) is 11.1. The van der Waals surface area contributed by atoms with E-state index in [1.54, 1.807) is 18.2 Å². The fraction of sp³-hybridized carbons (Fsp3) is 0.381. The molecule has 0 spiro atoms. The van der Waals surface area contributed by atoms with Crippen LogP contribution in [0.15, 0.2) is 59.4 Å². The van der Waals surface area contributed by atoms with Gasteiger partial charge in [-0.25, -0.2) is 4.68 Å². The molecule has 1 aliphatic heterocycles. The van der Waals surface area contributed by atoms with Crippen molar-refractivity contribution in [2.75, 3.05) is 0 Å². The van der Waals surface area contributed by atoms with Gasteiger partial charge < -0.3 is 14.9 Å². The van der Waals surface area contributed by atoms with Crippen molar-refractivity contribution in [3.63, 3.8) is 0 Å². The normalized spacial score (nSPS) is 22.7. The van der Waals surface area contributed by atoms with Crippen LogP contribution in [0.25, 0.3) is 10.9 Å². The number of halogens is 1. The van der Waals surface area contributed by atoms with Gasteiger partial charge in [0.2, 0.25) is 0 Å². The van der Waals surface area contributed by atoms with Gasteiger partial charge in [0.25, 0.3) is 5.56 Å². The van der Waals surface area contributed by atoms with E-state index in [0.29, 0.717) is 30.3 Å². The number of fused-ring (bicyclic) bond motifs is 1. The number of aromatic nitrogens is 3. The summed E-state index contributed by atoms with van der Waals surface area (Å²) in [5, 5.41) is 28.9. The Morgan fingerprint density at radius 2 is 1.64 bits per heavy atom. The van der Waals surface area contributed by atoms with Crippen molar-refractivity contribution in [1.29, 1.82) is 0 Å². The van der Waals surface area contributed by atoms with Crippen molar-refractivity contribution < 1.29 is 43.8 Å². The van der Waals surface area contributed by atoms with Gasteiger partial charge in [0.15, 0.2) is 6.29 Å². The summed E-state index contributed by atoms with van der Waals surface area (Å²) in [5.74, 6) is -0.279. The summed E-state index contributed by atoms with van der Waals surface area (Å²) in [5.41, 5.74) is 1.53. The summed E-state index contributed by atoms with van der Waals surface area (Å²) >= 11 is 0. The third-order valence-corrected chi connectivity index (χ3v) is 5.39. The van der Waals surface area contributed by atoms with E-state index in [0.717, 1.165) is 6.42 Å². The number of aryl methyl sites for hydroxylation is 2. The number of hydrogen-bond acceptors (Lipinski definition) is 10. The maximum absolute atomic E-state index is 12.6. The molecular weight excluding hydrogens is 458 g/mol. The highest BCUT2D eigenvalue weighted by Gasteiger charge is 2.42. The minimum atomic E-state index is -4.69. The van der Waals surface area contributed by atoms with Gasteiger partial charge >= 0.3 is 0 Å². The lowest BCUT2D eigenvalue weighted by Crippen LogP contribution is -2.58. The Labute approximate surface area is 190 Å². The van der Waals surface area contributed by atoms with Crippen molar-refractivity contribution in [2.24, 2.45) is 5.92 Å². The first-order chi connectivity index (χ1) is 15.6. The Morgan fingerprint density at radius 3 is 2.33 bits per heavy atom. The van der Waals surface area contributed by atoms with E-state index >= 15 is 0 Å². The molecule has 0 saturated carbocycles. The van der Waals surface area contributed by atoms with Crippen LogP contribution < -0.4 is 19.5 Å². The standard InChI is InChI=1S/C21H23N3O4.ClHO4/c25-19-16(18(28-21(19)27)11-10-14-6-2-1-3-7-14)12-13-24-20(26)15-8-4-5-9-17(15)22-23-24;2-1(3,4)5/h1-9,16,18-19,21,25,27H,10-13H2;(H,2,3,4,5)/t16-,18+,19-,21+;/m0./s1. The summed E-state index contributed by atoms with van der Waals surface area (Å²) in [6.45, 7) is 0.302. The van der Waals surface area contributed by atoms with Crippen LogP contribution >= 0.6 is 0 Å². The van der Waals surface area contributed by atoms with Crippen LogP contribution in [-0.4, -0.2) is 48.4 Å². The predicted molar refractivity (Wildman–Crippen MR) is 106 cm³/mol. The van der Waals surface area contributed by atoms with Crippen molar-refractivity contribution in [2.45, 2.75) is 44.3 Å². The Kier molecular flexibility index (Phi) is 8.46. The Morgan fingerprint density at radius 1 is 1.00 bits per heavy atom. The molecular formula is C21H24ClN3O8. The number of nitrogens with zero attached hydrogens (tertiary/aromatic N) is 3. The first-order valence-corrected chi connectivity index (χ1v) is 11.4. The van der Waals surface area contributed by atoms with Gasteiger partial charge in [0.1, 0.15) is 11.6 Å². The number of hydrogen-bond donors (Lipinski definition) is 3. The topological polar surface area (TPSA) is 187 Å². The number of aliphatic hydroxyl groups excluding tert-OH is 2. The number of aliphatic hydroxyl groups is 2. The Bertz CT molecular complexity index is 1090. The van der Waals surface area contributed by atoms with Crippen molar-refractivity contribution in [3.05, 3.63) is 70.5 Å². The average Bonchev–Trinajstić information content (AvgIpc) is 3.04. The predicted octanol–water partition coefficient (Wildman–Crippen LogP) is -2.62. The molecule has 178 valence electrons. The average molecular weight is 482 g/mol. The van der Waals surface area contributed by atoms with Gasteiger partial charge in [0, 0.05) is 12.5 Å². The lowest BCUT2D eigenvalue weighted by atomic mass is 9.91. The lowest BCUT2D eigenvalue weighted by Gasteiger charge is -2.20. The Balaban J connectivity index is 0.000000555. The summed E-state index contributed by atoms with van der Waals surface area (Å²) in [4.78, 5) is 12.6. The van der Waals surface area contributed by atoms with Crippen LogP contribution in [0.2, 0.25) is 0 Å².